The van der Waals surface area contributed by atoms with Gasteiger partial charge in [-0.2, -0.15) is 0 Å². The molecule has 3 N–H and O–H groups in total. The van der Waals surface area contributed by atoms with Crippen LogP contribution in [0.15, 0.2) is 47.0 Å². The van der Waals surface area contributed by atoms with Crippen LogP contribution in [-0.2, 0) is 11.2 Å². The SMILES string of the molecule is CCCC(CCC)C(=O)C1=Cc2ccc(C(=O)Nc3ccc4c(c3)C(=O)CCC4)cc2N=C(N)C1. The fourth-order valence-electron chi connectivity index (χ4n) is 4.96. The van der Waals surface area contributed by atoms with Crippen LogP contribution >= 0.6 is 0 Å². The van der Waals surface area contributed by atoms with E-state index in [9.17, 15) is 14.4 Å². The van der Waals surface area contributed by atoms with E-state index in [0.717, 1.165) is 49.7 Å². The Hall–Kier alpha value is -3.54. The predicted molar refractivity (Wildman–Crippen MR) is 140 cm³/mol. The zero-order chi connectivity index (χ0) is 24.9. The highest BCUT2D eigenvalue weighted by Gasteiger charge is 2.24. The van der Waals surface area contributed by atoms with Crippen molar-refractivity contribution >= 4 is 40.8 Å². The normalized spacial score (nSPS) is 15.0. The van der Waals surface area contributed by atoms with Crippen LogP contribution in [0.5, 0.6) is 0 Å². The van der Waals surface area contributed by atoms with E-state index in [1.165, 1.54) is 0 Å². The Morgan fingerprint density at radius 3 is 2.57 bits per heavy atom. The van der Waals surface area contributed by atoms with Crippen LogP contribution in [-0.4, -0.2) is 23.3 Å². The largest absolute Gasteiger partial charge is 0.387 e. The van der Waals surface area contributed by atoms with Crippen molar-refractivity contribution in [2.75, 3.05) is 5.32 Å². The number of amidine groups is 1. The topological polar surface area (TPSA) is 102 Å². The molecule has 1 aliphatic heterocycles. The summed E-state index contributed by atoms with van der Waals surface area (Å²) in [7, 11) is 0. The molecule has 1 aliphatic carbocycles. The van der Waals surface area contributed by atoms with E-state index in [1.807, 2.05) is 24.3 Å². The second-order valence-corrected chi connectivity index (χ2v) is 9.46. The number of aliphatic imine (C=N–C) groups is 1. The van der Waals surface area contributed by atoms with Crippen molar-refractivity contribution in [3.63, 3.8) is 0 Å². The molecule has 0 fully saturated rings. The molecule has 6 nitrogen and oxygen atoms in total. The maximum atomic E-state index is 13.2. The Balaban J connectivity index is 1.57. The van der Waals surface area contributed by atoms with Crippen molar-refractivity contribution in [2.24, 2.45) is 16.6 Å². The van der Waals surface area contributed by atoms with Gasteiger partial charge >= 0.3 is 0 Å². The number of nitrogens with two attached hydrogens (primary N) is 1. The molecule has 1 heterocycles. The minimum atomic E-state index is -0.291. The molecule has 6 heteroatoms. The number of Topliss-reactive ketones (excluding diaryl/α,β-unsaturated/α-hetero) is 2. The third-order valence-corrected chi connectivity index (χ3v) is 6.74. The van der Waals surface area contributed by atoms with E-state index < -0.39 is 0 Å². The summed E-state index contributed by atoms with van der Waals surface area (Å²) in [6.07, 6.45) is 8.12. The highest BCUT2D eigenvalue weighted by molar-refractivity contribution is 6.09. The van der Waals surface area contributed by atoms with Crippen LogP contribution in [0.25, 0.3) is 6.08 Å². The number of nitrogens with zero attached hydrogens (tertiary/aromatic N) is 1. The lowest BCUT2D eigenvalue weighted by molar-refractivity contribution is -0.119. The summed E-state index contributed by atoms with van der Waals surface area (Å²) in [4.78, 5) is 42.9. The molecule has 2 aromatic carbocycles. The number of rotatable bonds is 8. The van der Waals surface area contributed by atoms with Gasteiger partial charge in [-0.15, -0.1) is 0 Å². The third-order valence-electron chi connectivity index (χ3n) is 6.74. The Morgan fingerprint density at radius 1 is 1.06 bits per heavy atom. The maximum Gasteiger partial charge on any atom is 0.255 e. The number of anilines is 1. The Bertz CT molecular complexity index is 1220. The van der Waals surface area contributed by atoms with Crippen molar-refractivity contribution in [1.82, 2.24) is 0 Å². The predicted octanol–water partition coefficient (Wildman–Crippen LogP) is 6.02. The summed E-state index contributed by atoms with van der Waals surface area (Å²) in [6, 6.07) is 10.7. The van der Waals surface area contributed by atoms with Crippen LogP contribution in [0.3, 0.4) is 0 Å². The van der Waals surface area contributed by atoms with Gasteiger partial charge in [-0.3, -0.25) is 14.4 Å². The number of benzene rings is 2. The average molecular weight is 472 g/mol. The van der Waals surface area contributed by atoms with Crippen molar-refractivity contribution in [3.05, 3.63) is 64.2 Å². The first-order valence-corrected chi connectivity index (χ1v) is 12.6. The minimum absolute atomic E-state index is 0.000787. The number of amides is 1. The molecule has 0 radical (unpaired) electrons. The third kappa shape index (κ3) is 5.59. The van der Waals surface area contributed by atoms with Gasteiger partial charge in [-0.05, 0) is 61.6 Å². The average Bonchev–Trinajstić information content (AvgIpc) is 3.01. The van der Waals surface area contributed by atoms with Crippen LogP contribution in [0.4, 0.5) is 11.4 Å². The van der Waals surface area contributed by atoms with Crippen molar-refractivity contribution in [3.8, 4) is 0 Å². The molecule has 2 aromatic rings. The van der Waals surface area contributed by atoms with Gasteiger partial charge in [0.05, 0.1) is 5.69 Å². The molecular formula is C29H33N3O3. The van der Waals surface area contributed by atoms with Crippen LogP contribution in [0.1, 0.15) is 90.6 Å². The number of hydrogen-bond donors (Lipinski definition) is 2. The lowest BCUT2D eigenvalue weighted by Gasteiger charge is -2.16. The van der Waals surface area contributed by atoms with Crippen molar-refractivity contribution in [1.29, 1.82) is 0 Å². The van der Waals surface area contributed by atoms with E-state index in [-0.39, 0.29) is 23.4 Å². The van der Waals surface area contributed by atoms with Crippen LogP contribution < -0.4 is 11.1 Å². The fourth-order valence-corrected chi connectivity index (χ4v) is 4.96. The summed E-state index contributed by atoms with van der Waals surface area (Å²) in [5.74, 6) is 0.332. The van der Waals surface area contributed by atoms with Crippen molar-refractivity contribution < 1.29 is 14.4 Å². The summed E-state index contributed by atoms with van der Waals surface area (Å²) in [5.41, 5.74) is 10.9. The van der Waals surface area contributed by atoms with Gasteiger partial charge in [0, 0.05) is 46.7 Å². The summed E-state index contributed by atoms with van der Waals surface area (Å²) < 4.78 is 0. The first-order chi connectivity index (χ1) is 16.9. The fraction of sp³-hybridized carbons (Fsp3) is 0.379. The smallest absolute Gasteiger partial charge is 0.255 e. The molecular weight excluding hydrogens is 438 g/mol. The molecule has 0 saturated carbocycles. The van der Waals surface area contributed by atoms with Gasteiger partial charge in [0.1, 0.15) is 5.84 Å². The van der Waals surface area contributed by atoms with E-state index >= 15 is 0 Å². The van der Waals surface area contributed by atoms with Gasteiger partial charge in [0.2, 0.25) is 0 Å². The second-order valence-electron chi connectivity index (χ2n) is 9.46. The quantitative estimate of drug-likeness (QED) is 0.491. The lowest BCUT2D eigenvalue weighted by Crippen LogP contribution is -2.21. The van der Waals surface area contributed by atoms with E-state index in [1.54, 1.807) is 18.2 Å². The number of hydrogen-bond acceptors (Lipinski definition) is 5. The Kier molecular flexibility index (Phi) is 7.59. The summed E-state index contributed by atoms with van der Waals surface area (Å²) in [6.45, 7) is 4.19. The Morgan fingerprint density at radius 2 is 1.83 bits per heavy atom. The van der Waals surface area contributed by atoms with Crippen LogP contribution in [0.2, 0.25) is 0 Å². The number of fused-ring (bicyclic) bond motifs is 2. The van der Waals surface area contributed by atoms with E-state index in [0.29, 0.717) is 46.8 Å². The molecule has 0 spiro atoms. The molecule has 0 saturated heterocycles. The highest BCUT2D eigenvalue weighted by Crippen LogP contribution is 2.31. The first-order valence-electron chi connectivity index (χ1n) is 12.6. The number of ketones is 2. The molecule has 1 amide bonds. The minimum Gasteiger partial charge on any atom is -0.387 e. The zero-order valence-electron chi connectivity index (χ0n) is 20.5. The maximum absolute atomic E-state index is 13.2. The summed E-state index contributed by atoms with van der Waals surface area (Å²) >= 11 is 0. The van der Waals surface area contributed by atoms with Gasteiger partial charge in [0.25, 0.3) is 5.91 Å². The molecule has 0 unspecified atom stereocenters. The summed E-state index contributed by atoms with van der Waals surface area (Å²) in [5, 5.41) is 2.89. The molecule has 0 aromatic heterocycles. The van der Waals surface area contributed by atoms with Gasteiger partial charge < -0.3 is 11.1 Å². The van der Waals surface area contributed by atoms with E-state index in [2.05, 4.69) is 24.2 Å². The first kappa shape index (κ1) is 24.6. The molecule has 182 valence electrons. The standard InChI is InChI=1S/C29H33N3O3/c1-3-6-19(7-4-2)28(34)22-14-20-10-11-21(15-25(20)32-27(30)16-22)29(35)31-23-13-12-18-8-5-9-26(33)24(18)17-23/h10-15,17,19H,3-9,16H2,1-2H3,(H2,30,32)(H,31,35). The van der Waals surface area contributed by atoms with Gasteiger partial charge in [-0.25, -0.2) is 4.99 Å². The van der Waals surface area contributed by atoms with Crippen molar-refractivity contribution in [2.45, 2.75) is 65.2 Å². The lowest BCUT2D eigenvalue weighted by atomic mass is 9.87. The number of carbonyl (C=O) groups is 3. The van der Waals surface area contributed by atoms with Crippen LogP contribution in [0, 0.1) is 5.92 Å². The second kappa shape index (κ2) is 10.8. The molecule has 2 aliphatic rings. The number of carbonyl (C=O) groups excluding carboxylic acids is 3. The zero-order valence-corrected chi connectivity index (χ0v) is 20.5. The molecule has 0 bridgehead atoms. The molecule has 0 atom stereocenters. The molecule has 4 rings (SSSR count). The molecule has 35 heavy (non-hydrogen) atoms. The highest BCUT2D eigenvalue weighted by atomic mass is 16.2. The van der Waals surface area contributed by atoms with E-state index in [4.69, 9.17) is 5.73 Å². The van der Waals surface area contributed by atoms with Gasteiger partial charge in [-0.1, -0.05) is 38.8 Å². The number of nitrogens with one attached hydrogen (secondary N) is 1. The Labute approximate surface area is 206 Å². The monoisotopic (exact) mass is 471 g/mol. The number of aryl methyl sites for hydroxylation is 1. The van der Waals surface area contributed by atoms with Gasteiger partial charge in [0.15, 0.2) is 11.6 Å².